The van der Waals surface area contributed by atoms with Gasteiger partial charge in [-0.15, -0.1) is 0 Å². The molecule has 5 heteroatoms. The maximum Gasteiger partial charge on any atom is 0.269 e. The number of H-pyrrole nitrogens is 1. The smallest absolute Gasteiger partial charge is 0.269 e. The molecule has 0 radical (unpaired) electrons. The van der Waals surface area contributed by atoms with Crippen LogP contribution in [0, 0.1) is 6.92 Å². The Balaban J connectivity index is 2.73. The third-order valence-corrected chi connectivity index (χ3v) is 2.12. The first-order valence-corrected chi connectivity index (χ1v) is 4.26. The van der Waals surface area contributed by atoms with Crippen molar-refractivity contribution < 1.29 is 4.79 Å². The molecule has 0 fully saturated rings. The lowest BCUT2D eigenvalue weighted by Gasteiger charge is -1.98. The zero-order valence-corrected chi connectivity index (χ0v) is 7.96. The predicted molar refractivity (Wildman–Crippen MR) is 52.0 cm³/mol. The van der Waals surface area contributed by atoms with E-state index in [0.717, 1.165) is 10.9 Å². The minimum Gasteiger partial charge on any atom is -0.354 e. The van der Waals surface area contributed by atoms with Crippen molar-refractivity contribution >= 4 is 16.9 Å². The van der Waals surface area contributed by atoms with E-state index < -0.39 is 0 Å². The van der Waals surface area contributed by atoms with Gasteiger partial charge in [-0.1, -0.05) is 0 Å². The number of carbonyl (C=O) groups excluding carboxylic acids is 1. The Labute approximate surface area is 80.5 Å². The Morgan fingerprint density at radius 3 is 3.07 bits per heavy atom. The van der Waals surface area contributed by atoms with E-state index in [4.69, 9.17) is 0 Å². The van der Waals surface area contributed by atoms with Gasteiger partial charge >= 0.3 is 0 Å². The monoisotopic (exact) mass is 190 g/mol. The summed E-state index contributed by atoms with van der Waals surface area (Å²) in [6.07, 6.45) is 1.67. The second-order valence-corrected chi connectivity index (χ2v) is 3.00. The summed E-state index contributed by atoms with van der Waals surface area (Å²) in [6.45, 7) is 1.92. The molecule has 0 unspecified atom stereocenters. The number of nitrogens with zero attached hydrogens (tertiary/aromatic N) is 2. The summed E-state index contributed by atoms with van der Waals surface area (Å²) in [5, 5.41) is 9.97. The molecule has 1 amide bonds. The third-order valence-electron chi connectivity index (χ3n) is 2.12. The van der Waals surface area contributed by atoms with Crippen LogP contribution in [0.5, 0.6) is 0 Å². The summed E-state index contributed by atoms with van der Waals surface area (Å²) in [4.78, 5) is 15.5. The van der Waals surface area contributed by atoms with E-state index in [0.29, 0.717) is 11.3 Å². The summed E-state index contributed by atoms with van der Waals surface area (Å²) in [7, 11) is 1.58. The molecule has 0 aromatic carbocycles. The summed E-state index contributed by atoms with van der Waals surface area (Å²) in [6, 6.07) is 1.85. The molecule has 0 bridgehead atoms. The van der Waals surface area contributed by atoms with Crippen molar-refractivity contribution in [3.63, 3.8) is 0 Å². The molecule has 5 nitrogen and oxygen atoms in total. The maximum atomic E-state index is 11.4. The van der Waals surface area contributed by atoms with Crippen LogP contribution >= 0.6 is 0 Å². The molecule has 0 saturated carbocycles. The summed E-state index contributed by atoms with van der Waals surface area (Å²) in [5.41, 5.74) is 2.03. The van der Waals surface area contributed by atoms with Gasteiger partial charge in [0.1, 0.15) is 5.69 Å². The second-order valence-electron chi connectivity index (χ2n) is 3.00. The highest BCUT2D eigenvalue weighted by Crippen LogP contribution is 2.17. The lowest BCUT2D eigenvalue weighted by atomic mass is 10.1. The molecule has 0 spiro atoms. The summed E-state index contributed by atoms with van der Waals surface area (Å²) in [5.74, 6) is -0.177. The lowest BCUT2D eigenvalue weighted by molar-refractivity contribution is 0.0959. The molecular weight excluding hydrogens is 180 g/mol. The summed E-state index contributed by atoms with van der Waals surface area (Å²) >= 11 is 0. The first-order valence-electron chi connectivity index (χ1n) is 4.26. The van der Waals surface area contributed by atoms with Crippen molar-refractivity contribution in [1.82, 2.24) is 20.5 Å². The number of aromatic amines is 1. The van der Waals surface area contributed by atoms with Crippen molar-refractivity contribution in [1.29, 1.82) is 0 Å². The molecule has 2 N–H and O–H groups in total. The van der Waals surface area contributed by atoms with E-state index in [9.17, 15) is 4.79 Å². The largest absolute Gasteiger partial charge is 0.354 e. The van der Waals surface area contributed by atoms with Crippen LogP contribution in [0.2, 0.25) is 0 Å². The second kappa shape index (κ2) is 3.10. The van der Waals surface area contributed by atoms with Gasteiger partial charge in [0.2, 0.25) is 0 Å². The van der Waals surface area contributed by atoms with Crippen molar-refractivity contribution in [3.8, 4) is 0 Å². The first-order chi connectivity index (χ1) is 6.74. The van der Waals surface area contributed by atoms with E-state index in [-0.39, 0.29) is 5.91 Å². The molecule has 14 heavy (non-hydrogen) atoms. The summed E-state index contributed by atoms with van der Waals surface area (Å²) < 4.78 is 0. The minimum atomic E-state index is -0.177. The Morgan fingerprint density at radius 2 is 2.36 bits per heavy atom. The number of carbonyl (C=O) groups is 1. The number of aryl methyl sites for hydroxylation is 1. The standard InChI is InChI=1S/C9H10N4O/c1-5-3-4-11-8-6(5)7(12-13-8)9(14)10-2/h3-4H,1-2H3,(H,10,14)(H,11,12,13). The zero-order chi connectivity index (χ0) is 10.1. The van der Waals surface area contributed by atoms with Gasteiger partial charge < -0.3 is 5.32 Å². The van der Waals surface area contributed by atoms with Gasteiger partial charge in [0.25, 0.3) is 5.91 Å². The van der Waals surface area contributed by atoms with Gasteiger partial charge in [-0.05, 0) is 18.6 Å². The molecule has 0 aliphatic rings. The van der Waals surface area contributed by atoms with Crippen LogP contribution in [-0.2, 0) is 0 Å². The number of pyridine rings is 1. The predicted octanol–water partition coefficient (Wildman–Crippen LogP) is 0.626. The fourth-order valence-electron chi connectivity index (χ4n) is 1.39. The molecule has 2 heterocycles. The van der Waals surface area contributed by atoms with Gasteiger partial charge in [0.05, 0.1) is 5.39 Å². The quantitative estimate of drug-likeness (QED) is 0.692. The SMILES string of the molecule is CNC(=O)c1[nH]nc2nccc(C)c12. The number of hydrogen-bond donors (Lipinski definition) is 2. The van der Waals surface area contributed by atoms with Crippen LogP contribution < -0.4 is 5.32 Å². The number of fused-ring (bicyclic) bond motifs is 1. The number of nitrogens with one attached hydrogen (secondary N) is 2. The normalized spacial score (nSPS) is 10.4. The molecule has 2 aromatic heterocycles. The average Bonchev–Trinajstić information content (AvgIpc) is 2.62. The fourth-order valence-corrected chi connectivity index (χ4v) is 1.39. The fraction of sp³-hybridized carbons (Fsp3) is 0.222. The molecule has 0 aliphatic heterocycles. The Kier molecular flexibility index (Phi) is 1.92. The maximum absolute atomic E-state index is 11.4. The van der Waals surface area contributed by atoms with Crippen LogP contribution in [0.25, 0.3) is 11.0 Å². The number of hydrogen-bond acceptors (Lipinski definition) is 3. The Bertz CT molecular complexity index is 489. The molecule has 2 aromatic rings. The zero-order valence-electron chi connectivity index (χ0n) is 7.96. The van der Waals surface area contributed by atoms with Crippen molar-refractivity contribution in [2.45, 2.75) is 6.92 Å². The van der Waals surface area contributed by atoms with Gasteiger partial charge in [-0.3, -0.25) is 9.89 Å². The topological polar surface area (TPSA) is 70.7 Å². The first kappa shape index (κ1) is 8.68. The number of aromatic nitrogens is 3. The number of rotatable bonds is 1. The molecule has 0 atom stereocenters. The lowest BCUT2D eigenvalue weighted by Crippen LogP contribution is -2.18. The van der Waals surface area contributed by atoms with Crippen LogP contribution in [0.1, 0.15) is 16.1 Å². The highest BCUT2D eigenvalue weighted by molar-refractivity contribution is 6.04. The van der Waals surface area contributed by atoms with Crippen LogP contribution in [-0.4, -0.2) is 28.1 Å². The Morgan fingerprint density at radius 1 is 1.57 bits per heavy atom. The van der Waals surface area contributed by atoms with Crippen molar-refractivity contribution in [3.05, 3.63) is 23.5 Å². The van der Waals surface area contributed by atoms with E-state index >= 15 is 0 Å². The van der Waals surface area contributed by atoms with Gasteiger partial charge in [0.15, 0.2) is 5.65 Å². The molecule has 72 valence electrons. The van der Waals surface area contributed by atoms with Gasteiger partial charge in [-0.25, -0.2) is 4.98 Å². The molecule has 2 rings (SSSR count). The van der Waals surface area contributed by atoms with E-state index in [1.54, 1.807) is 13.2 Å². The van der Waals surface area contributed by atoms with Gasteiger partial charge in [-0.2, -0.15) is 5.10 Å². The van der Waals surface area contributed by atoms with E-state index in [1.165, 1.54) is 0 Å². The van der Waals surface area contributed by atoms with Crippen molar-refractivity contribution in [2.24, 2.45) is 0 Å². The minimum absolute atomic E-state index is 0.177. The van der Waals surface area contributed by atoms with Crippen LogP contribution in [0.15, 0.2) is 12.3 Å². The van der Waals surface area contributed by atoms with Crippen LogP contribution in [0.4, 0.5) is 0 Å². The third kappa shape index (κ3) is 1.14. The van der Waals surface area contributed by atoms with Gasteiger partial charge in [0, 0.05) is 13.2 Å². The van der Waals surface area contributed by atoms with Crippen LogP contribution in [0.3, 0.4) is 0 Å². The Hall–Kier alpha value is -1.91. The molecule has 0 aliphatic carbocycles. The van der Waals surface area contributed by atoms with E-state index in [2.05, 4.69) is 20.5 Å². The molecule has 0 saturated heterocycles. The highest BCUT2D eigenvalue weighted by Gasteiger charge is 2.13. The van der Waals surface area contributed by atoms with E-state index in [1.807, 2.05) is 13.0 Å². The highest BCUT2D eigenvalue weighted by atomic mass is 16.1. The van der Waals surface area contributed by atoms with Crippen molar-refractivity contribution in [2.75, 3.05) is 7.05 Å². The molecular formula is C9H10N4O. The number of amides is 1. The average molecular weight is 190 g/mol.